The third-order valence-electron chi connectivity index (χ3n) is 4.13. The summed E-state index contributed by atoms with van der Waals surface area (Å²) in [5, 5.41) is 3.70. The molecule has 1 aromatic carbocycles. The molecular weight excluding hydrogens is 314 g/mol. The van der Waals surface area contributed by atoms with Gasteiger partial charge in [0.05, 0.1) is 25.3 Å². The minimum absolute atomic E-state index is 0.0791. The van der Waals surface area contributed by atoms with Gasteiger partial charge < -0.3 is 15.8 Å². The number of nitrogens with zero attached hydrogens (tertiary/aromatic N) is 1. The number of amides is 1. The second-order valence-electron chi connectivity index (χ2n) is 5.86. The van der Waals surface area contributed by atoms with Crippen molar-refractivity contribution in [2.24, 2.45) is 5.73 Å². The number of rotatable bonds is 7. The molecule has 0 aromatic heterocycles. The van der Waals surface area contributed by atoms with Crippen molar-refractivity contribution >= 4 is 17.5 Å². The lowest BCUT2D eigenvalue weighted by molar-refractivity contribution is -0.122. The Morgan fingerprint density at radius 1 is 1.43 bits per heavy atom. The van der Waals surface area contributed by atoms with Crippen molar-refractivity contribution in [3.63, 3.8) is 0 Å². The van der Waals surface area contributed by atoms with Gasteiger partial charge in [0.25, 0.3) is 0 Å². The van der Waals surface area contributed by atoms with Crippen molar-refractivity contribution in [1.29, 1.82) is 0 Å². The van der Waals surface area contributed by atoms with Crippen LogP contribution < -0.4 is 11.1 Å². The first-order chi connectivity index (χ1) is 11.1. The van der Waals surface area contributed by atoms with Gasteiger partial charge in [-0.25, -0.2) is 0 Å². The molecule has 2 atom stereocenters. The van der Waals surface area contributed by atoms with Crippen LogP contribution in [0.2, 0.25) is 5.02 Å². The van der Waals surface area contributed by atoms with Gasteiger partial charge in [-0.1, -0.05) is 37.1 Å². The molecule has 1 heterocycles. The average molecular weight is 340 g/mol. The molecular formula is C17H26ClN3O2. The fourth-order valence-corrected chi connectivity index (χ4v) is 3.03. The lowest BCUT2D eigenvalue weighted by Gasteiger charge is -2.35. The van der Waals surface area contributed by atoms with Crippen LogP contribution >= 0.6 is 11.6 Å². The van der Waals surface area contributed by atoms with Gasteiger partial charge in [-0.15, -0.1) is 0 Å². The highest BCUT2D eigenvalue weighted by molar-refractivity contribution is 6.30. The van der Waals surface area contributed by atoms with Gasteiger partial charge in [0.1, 0.15) is 0 Å². The first kappa shape index (κ1) is 18.2. The largest absolute Gasteiger partial charge is 0.379 e. The minimum Gasteiger partial charge on any atom is -0.379 e. The number of halogens is 1. The Labute approximate surface area is 143 Å². The number of nitrogens with two attached hydrogens (primary N) is 1. The van der Waals surface area contributed by atoms with Crippen LogP contribution in [0.4, 0.5) is 0 Å². The summed E-state index contributed by atoms with van der Waals surface area (Å²) in [5.74, 6) is -0.0906. The molecule has 1 aliphatic heterocycles. The molecule has 2 rings (SSSR count). The van der Waals surface area contributed by atoms with Gasteiger partial charge in [0, 0.05) is 24.7 Å². The van der Waals surface area contributed by atoms with Crippen LogP contribution in [0.25, 0.3) is 0 Å². The number of nitrogens with one attached hydrogen (secondary N) is 1. The molecule has 0 spiro atoms. The second kappa shape index (κ2) is 9.23. The van der Waals surface area contributed by atoms with Gasteiger partial charge in [-0.05, 0) is 24.1 Å². The zero-order valence-electron chi connectivity index (χ0n) is 13.6. The monoisotopic (exact) mass is 339 g/mol. The maximum Gasteiger partial charge on any atom is 0.236 e. The lowest BCUT2D eigenvalue weighted by atomic mass is 10.0. The molecule has 128 valence electrons. The van der Waals surface area contributed by atoms with Crippen LogP contribution in [0, 0.1) is 0 Å². The highest BCUT2D eigenvalue weighted by Crippen LogP contribution is 2.24. The van der Waals surface area contributed by atoms with Gasteiger partial charge in [0.15, 0.2) is 0 Å². The van der Waals surface area contributed by atoms with E-state index in [0.29, 0.717) is 31.2 Å². The molecule has 0 radical (unpaired) electrons. The number of hydrogen-bond acceptors (Lipinski definition) is 4. The summed E-state index contributed by atoms with van der Waals surface area (Å²) in [6.45, 7) is 5.65. The highest BCUT2D eigenvalue weighted by Gasteiger charge is 2.24. The Morgan fingerprint density at radius 3 is 2.83 bits per heavy atom. The average Bonchev–Trinajstić information content (AvgIpc) is 2.56. The Kier molecular flexibility index (Phi) is 7.30. The second-order valence-corrected chi connectivity index (χ2v) is 6.30. The Morgan fingerprint density at radius 2 is 2.17 bits per heavy atom. The summed E-state index contributed by atoms with van der Waals surface area (Å²) < 4.78 is 5.43. The predicted octanol–water partition coefficient (Wildman–Crippen LogP) is 1.96. The normalized spacial score (nSPS) is 18.4. The quantitative estimate of drug-likeness (QED) is 0.797. The molecule has 6 heteroatoms. The summed E-state index contributed by atoms with van der Waals surface area (Å²) in [5.41, 5.74) is 6.99. The maximum atomic E-state index is 12.1. The standard InChI is InChI=1S/C17H26ClN3O2/c1-2-4-15(19)17(22)20-12-16(21-7-9-23-10-8-21)13-5-3-6-14(18)11-13/h3,5-6,11,15-16H,2,4,7-10,12,19H2,1H3,(H,20,22). The van der Waals surface area contributed by atoms with Crippen molar-refractivity contribution in [3.05, 3.63) is 34.9 Å². The number of benzene rings is 1. The maximum absolute atomic E-state index is 12.1. The number of carbonyl (C=O) groups excluding carboxylic acids is 1. The molecule has 1 aliphatic rings. The molecule has 3 N–H and O–H groups in total. The van der Waals surface area contributed by atoms with E-state index >= 15 is 0 Å². The molecule has 0 bridgehead atoms. The third kappa shape index (κ3) is 5.46. The van der Waals surface area contributed by atoms with Crippen LogP contribution in [0.1, 0.15) is 31.4 Å². The minimum atomic E-state index is -0.440. The molecule has 0 saturated carbocycles. The zero-order valence-corrected chi connectivity index (χ0v) is 14.4. The van der Waals surface area contributed by atoms with Crippen molar-refractivity contribution < 1.29 is 9.53 Å². The fourth-order valence-electron chi connectivity index (χ4n) is 2.83. The first-order valence-corrected chi connectivity index (χ1v) is 8.60. The van der Waals surface area contributed by atoms with Gasteiger partial charge in [-0.3, -0.25) is 9.69 Å². The van der Waals surface area contributed by atoms with E-state index in [1.165, 1.54) is 0 Å². The molecule has 23 heavy (non-hydrogen) atoms. The Hall–Kier alpha value is -1.14. The van der Waals surface area contributed by atoms with Crippen molar-refractivity contribution in [2.75, 3.05) is 32.8 Å². The number of hydrogen-bond donors (Lipinski definition) is 2. The lowest BCUT2D eigenvalue weighted by Crippen LogP contribution is -2.47. The van der Waals surface area contributed by atoms with Crippen LogP contribution in [0.15, 0.2) is 24.3 Å². The number of morpholine rings is 1. The van der Waals surface area contributed by atoms with E-state index in [2.05, 4.69) is 10.2 Å². The number of ether oxygens (including phenoxy) is 1. The smallest absolute Gasteiger partial charge is 0.236 e. The molecule has 1 fully saturated rings. The van der Waals surface area contributed by atoms with Crippen molar-refractivity contribution in [3.8, 4) is 0 Å². The van der Waals surface area contributed by atoms with Crippen molar-refractivity contribution in [1.82, 2.24) is 10.2 Å². The van der Waals surface area contributed by atoms with Gasteiger partial charge >= 0.3 is 0 Å². The number of carbonyl (C=O) groups is 1. The van der Waals surface area contributed by atoms with Gasteiger partial charge in [-0.2, -0.15) is 0 Å². The van der Waals surface area contributed by atoms with Crippen LogP contribution in [0.3, 0.4) is 0 Å². The summed E-state index contributed by atoms with van der Waals surface area (Å²) in [6, 6.07) is 7.44. The van der Waals surface area contributed by atoms with E-state index in [-0.39, 0.29) is 11.9 Å². The summed E-state index contributed by atoms with van der Waals surface area (Å²) in [7, 11) is 0. The van der Waals surface area contributed by atoms with E-state index in [1.807, 2.05) is 31.2 Å². The van der Waals surface area contributed by atoms with Crippen molar-refractivity contribution in [2.45, 2.75) is 31.8 Å². The van der Waals surface area contributed by atoms with E-state index < -0.39 is 6.04 Å². The van der Waals surface area contributed by atoms with E-state index in [0.717, 1.165) is 25.1 Å². The molecule has 0 aliphatic carbocycles. The molecule has 1 saturated heterocycles. The fraction of sp³-hybridized carbons (Fsp3) is 0.588. The van der Waals surface area contributed by atoms with Crippen LogP contribution in [-0.4, -0.2) is 49.7 Å². The molecule has 5 nitrogen and oxygen atoms in total. The predicted molar refractivity (Wildman–Crippen MR) is 92.5 cm³/mol. The SMILES string of the molecule is CCCC(N)C(=O)NCC(c1cccc(Cl)c1)N1CCOCC1. The van der Waals surface area contributed by atoms with Crippen LogP contribution in [-0.2, 0) is 9.53 Å². The zero-order chi connectivity index (χ0) is 16.7. The molecule has 2 unspecified atom stereocenters. The highest BCUT2D eigenvalue weighted by atomic mass is 35.5. The topological polar surface area (TPSA) is 67.6 Å². The van der Waals surface area contributed by atoms with Gasteiger partial charge in [0.2, 0.25) is 5.91 Å². The van der Waals surface area contributed by atoms with E-state index in [1.54, 1.807) is 0 Å². The van der Waals surface area contributed by atoms with E-state index in [9.17, 15) is 4.79 Å². The Balaban J connectivity index is 2.06. The summed E-state index contributed by atoms with van der Waals surface area (Å²) in [6.07, 6.45) is 1.60. The van der Waals surface area contributed by atoms with Crippen LogP contribution in [0.5, 0.6) is 0 Å². The first-order valence-electron chi connectivity index (χ1n) is 8.22. The Bertz CT molecular complexity index is 506. The molecule has 1 amide bonds. The third-order valence-corrected chi connectivity index (χ3v) is 4.36. The molecule has 1 aromatic rings. The van der Waals surface area contributed by atoms with E-state index in [4.69, 9.17) is 22.1 Å². The summed E-state index contributed by atoms with van der Waals surface area (Å²) >= 11 is 6.13. The summed E-state index contributed by atoms with van der Waals surface area (Å²) in [4.78, 5) is 14.4.